The number of carbonyl (C=O) groups is 2. The minimum atomic E-state index is -0.649. The topological polar surface area (TPSA) is 52.7 Å². The summed E-state index contributed by atoms with van der Waals surface area (Å²) in [5.74, 6) is -1.64. The van der Waals surface area contributed by atoms with Crippen LogP contribution in [0.1, 0.15) is 25.3 Å². The first-order valence-electron chi connectivity index (χ1n) is 9.38. The zero-order valence-corrected chi connectivity index (χ0v) is 15.5. The van der Waals surface area contributed by atoms with Crippen molar-refractivity contribution in [2.75, 3.05) is 28.2 Å². The lowest BCUT2D eigenvalue weighted by Crippen LogP contribution is -2.46. The fourth-order valence-corrected chi connectivity index (χ4v) is 4.10. The van der Waals surface area contributed by atoms with Gasteiger partial charge in [-0.1, -0.05) is 12.1 Å². The van der Waals surface area contributed by atoms with E-state index in [4.69, 9.17) is 0 Å². The molecular weight excluding hydrogens is 364 g/mol. The number of halogens is 2. The number of carbonyl (C=O) groups excluding carboxylic acids is 2. The molecule has 1 unspecified atom stereocenters. The van der Waals surface area contributed by atoms with E-state index >= 15 is 0 Å². The van der Waals surface area contributed by atoms with Gasteiger partial charge in [-0.2, -0.15) is 0 Å². The van der Waals surface area contributed by atoms with Crippen LogP contribution in [0.15, 0.2) is 36.4 Å². The van der Waals surface area contributed by atoms with Crippen molar-refractivity contribution in [3.05, 3.63) is 53.6 Å². The highest BCUT2D eigenvalue weighted by Crippen LogP contribution is 2.34. The minimum Gasteiger partial charge on any atom is -0.360 e. The average molecular weight is 385 g/mol. The normalized spacial score (nSPS) is 18.8. The number of rotatable bonds is 2. The number of aryl methyl sites for hydroxylation is 1. The molecule has 2 aliphatic rings. The Balaban J connectivity index is 1.66. The summed E-state index contributed by atoms with van der Waals surface area (Å²) in [5, 5.41) is 2.82. The molecule has 0 saturated heterocycles. The lowest BCUT2D eigenvalue weighted by atomic mass is 10.0. The number of hydrogen-bond donors (Lipinski definition) is 1. The van der Waals surface area contributed by atoms with Crippen molar-refractivity contribution >= 4 is 28.9 Å². The minimum absolute atomic E-state index is 0.0393. The molecule has 0 radical (unpaired) electrons. The first-order chi connectivity index (χ1) is 13.4. The van der Waals surface area contributed by atoms with Crippen LogP contribution < -0.4 is 15.1 Å². The second-order valence-electron chi connectivity index (χ2n) is 7.30. The standard InChI is InChI=1S/C21H21F2N3O2/c1-13-9-19(27)24-17-6-2-3-7-18(17)26(13)20(28)12-25-8-4-5-14-10-15(22)11-16(23)21(14)25/h2-3,6-7,10-11,13H,4-5,8-9,12H2,1H3,(H,24,27). The molecule has 0 bridgehead atoms. The molecule has 1 atom stereocenters. The van der Waals surface area contributed by atoms with E-state index in [-0.39, 0.29) is 30.8 Å². The van der Waals surface area contributed by atoms with Crippen LogP contribution in [-0.4, -0.2) is 30.9 Å². The number of nitrogens with one attached hydrogen (secondary N) is 1. The highest BCUT2D eigenvalue weighted by atomic mass is 19.1. The molecule has 2 aromatic carbocycles. The number of fused-ring (bicyclic) bond motifs is 2. The van der Waals surface area contributed by atoms with E-state index in [0.29, 0.717) is 35.6 Å². The number of amides is 2. The third-order valence-electron chi connectivity index (χ3n) is 5.25. The molecule has 28 heavy (non-hydrogen) atoms. The second-order valence-corrected chi connectivity index (χ2v) is 7.30. The van der Waals surface area contributed by atoms with Gasteiger partial charge in [-0.05, 0) is 43.5 Å². The molecule has 2 heterocycles. The quantitative estimate of drug-likeness (QED) is 0.861. The van der Waals surface area contributed by atoms with Gasteiger partial charge in [0.1, 0.15) is 11.6 Å². The number of hydrogen-bond acceptors (Lipinski definition) is 3. The molecule has 0 aliphatic carbocycles. The van der Waals surface area contributed by atoms with Gasteiger partial charge in [0.2, 0.25) is 11.8 Å². The van der Waals surface area contributed by atoms with Gasteiger partial charge in [0.15, 0.2) is 0 Å². The van der Waals surface area contributed by atoms with Crippen molar-refractivity contribution < 1.29 is 18.4 Å². The summed E-state index contributed by atoms with van der Waals surface area (Å²) in [6, 6.07) is 9.00. The van der Waals surface area contributed by atoms with E-state index in [1.807, 2.05) is 13.0 Å². The predicted octanol–water partition coefficient (Wildman–Crippen LogP) is 3.48. The second kappa shape index (κ2) is 7.22. The van der Waals surface area contributed by atoms with Gasteiger partial charge < -0.3 is 15.1 Å². The third kappa shape index (κ3) is 3.32. The molecule has 0 fully saturated rings. The van der Waals surface area contributed by atoms with Crippen molar-refractivity contribution in [3.63, 3.8) is 0 Å². The van der Waals surface area contributed by atoms with Gasteiger partial charge in [-0.3, -0.25) is 9.59 Å². The Labute approximate surface area is 161 Å². The molecule has 0 saturated carbocycles. The van der Waals surface area contributed by atoms with Gasteiger partial charge in [-0.15, -0.1) is 0 Å². The van der Waals surface area contributed by atoms with E-state index in [1.54, 1.807) is 28.0 Å². The lowest BCUT2D eigenvalue weighted by Gasteiger charge is -2.34. The first kappa shape index (κ1) is 18.4. The van der Waals surface area contributed by atoms with Crippen LogP contribution in [0.3, 0.4) is 0 Å². The average Bonchev–Trinajstić information content (AvgIpc) is 2.75. The summed E-state index contributed by atoms with van der Waals surface area (Å²) in [6.07, 6.45) is 1.47. The Morgan fingerprint density at radius 2 is 2.04 bits per heavy atom. The fraction of sp³-hybridized carbons (Fsp3) is 0.333. The molecular formula is C21H21F2N3O2. The monoisotopic (exact) mass is 385 g/mol. The van der Waals surface area contributed by atoms with E-state index in [9.17, 15) is 18.4 Å². The molecule has 0 spiro atoms. The zero-order valence-electron chi connectivity index (χ0n) is 15.5. The highest BCUT2D eigenvalue weighted by molar-refractivity contribution is 6.05. The Morgan fingerprint density at radius 1 is 1.25 bits per heavy atom. The SMILES string of the molecule is CC1CC(=O)Nc2ccccc2N1C(=O)CN1CCCc2cc(F)cc(F)c21. The maximum Gasteiger partial charge on any atom is 0.246 e. The van der Waals surface area contributed by atoms with Crippen LogP contribution in [0.5, 0.6) is 0 Å². The van der Waals surface area contributed by atoms with Gasteiger partial charge in [0.05, 0.1) is 23.6 Å². The molecule has 1 N–H and O–H groups in total. The summed E-state index contributed by atoms with van der Waals surface area (Å²) >= 11 is 0. The molecule has 2 aromatic rings. The number of anilines is 3. The summed E-state index contributed by atoms with van der Waals surface area (Å²) < 4.78 is 28.0. The molecule has 7 heteroatoms. The predicted molar refractivity (Wildman–Crippen MR) is 104 cm³/mol. The molecule has 5 nitrogen and oxygen atoms in total. The lowest BCUT2D eigenvalue weighted by molar-refractivity contribution is -0.118. The van der Waals surface area contributed by atoms with Gasteiger partial charge >= 0.3 is 0 Å². The van der Waals surface area contributed by atoms with Crippen LogP contribution in [-0.2, 0) is 16.0 Å². The van der Waals surface area contributed by atoms with Crippen LogP contribution in [0, 0.1) is 11.6 Å². The van der Waals surface area contributed by atoms with Crippen LogP contribution in [0.2, 0.25) is 0 Å². The molecule has 146 valence electrons. The van der Waals surface area contributed by atoms with E-state index in [0.717, 1.165) is 12.5 Å². The smallest absolute Gasteiger partial charge is 0.246 e. The molecule has 2 amide bonds. The summed E-state index contributed by atoms with van der Waals surface area (Å²) in [5.41, 5.74) is 2.09. The van der Waals surface area contributed by atoms with Crippen LogP contribution >= 0.6 is 0 Å². The van der Waals surface area contributed by atoms with Gasteiger partial charge in [0, 0.05) is 25.1 Å². The van der Waals surface area contributed by atoms with Crippen LogP contribution in [0.4, 0.5) is 25.8 Å². The highest BCUT2D eigenvalue weighted by Gasteiger charge is 2.32. The van der Waals surface area contributed by atoms with Gasteiger partial charge in [-0.25, -0.2) is 8.78 Å². The Morgan fingerprint density at radius 3 is 2.86 bits per heavy atom. The van der Waals surface area contributed by atoms with E-state index in [2.05, 4.69) is 5.32 Å². The Kier molecular flexibility index (Phi) is 4.75. The van der Waals surface area contributed by atoms with Crippen molar-refractivity contribution in [2.24, 2.45) is 0 Å². The molecule has 4 rings (SSSR count). The number of nitrogens with zero attached hydrogens (tertiary/aromatic N) is 2. The fourth-order valence-electron chi connectivity index (χ4n) is 4.10. The Bertz CT molecular complexity index is 947. The summed E-state index contributed by atoms with van der Waals surface area (Å²) in [7, 11) is 0. The zero-order chi connectivity index (χ0) is 19.8. The Hall–Kier alpha value is -2.96. The number of para-hydroxylation sites is 2. The third-order valence-corrected chi connectivity index (χ3v) is 5.25. The maximum atomic E-state index is 14.4. The van der Waals surface area contributed by atoms with Crippen molar-refractivity contribution in [1.82, 2.24) is 0 Å². The van der Waals surface area contributed by atoms with Gasteiger partial charge in [0.25, 0.3) is 0 Å². The first-order valence-corrected chi connectivity index (χ1v) is 9.38. The van der Waals surface area contributed by atoms with Crippen LogP contribution in [0.25, 0.3) is 0 Å². The summed E-state index contributed by atoms with van der Waals surface area (Å²) in [4.78, 5) is 28.6. The van der Waals surface area contributed by atoms with Crippen molar-refractivity contribution in [2.45, 2.75) is 32.2 Å². The largest absolute Gasteiger partial charge is 0.360 e. The van der Waals surface area contributed by atoms with Crippen molar-refractivity contribution in [3.8, 4) is 0 Å². The summed E-state index contributed by atoms with van der Waals surface area (Å²) in [6.45, 7) is 2.30. The van der Waals surface area contributed by atoms with Crippen molar-refractivity contribution in [1.29, 1.82) is 0 Å². The van der Waals surface area contributed by atoms with E-state index in [1.165, 1.54) is 6.07 Å². The molecule has 2 aliphatic heterocycles. The molecule has 0 aromatic heterocycles. The number of benzene rings is 2. The maximum absolute atomic E-state index is 14.4. The van der Waals surface area contributed by atoms with E-state index < -0.39 is 11.6 Å².